The van der Waals surface area contributed by atoms with Crippen molar-refractivity contribution in [3.05, 3.63) is 47.9 Å². The summed E-state index contributed by atoms with van der Waals surface area (Å²) in [6.45, 7) is 2.71. The monoisotopic (exact) mass is 368 g/mol. The van der Waals surface area contributed by atoms with E-state index in [-0.39, 0.29) is 11.5 Å². The highest BCUT2D eigenvalue weighted by atomic mass is 19.4. The van der Waals surface area contributed by atoms with Crippen molar-refractivity contribution in [2.24, 2.45) is 0 Å². The molecule has 1 aliphatic heterocycles. The van der Waals surface area contributed by atoms with Crippen LogP contribution in [0.4, 0.5) is 18.9 Å². The summed E-state index contributed by atoms with van der Waals surface area (Å²) < 4.78 is 45.8. The number of amides is 1. The number of hydrogen-bond acceptors (Lipinski definition) is 4. The second kappa shape index (κ2) is 7.82. The molecule has 1 N–H and O–H groups in total. The van der Waals surface area contributed by atoms with E-state index in [0.29, 0.717) is 18.0 Å². The van der Waals surface area contributed by atoms with Crippen LogP contribution in [0.25, 0.3) is 0 Å². The Labute approximate surface area is 148 Å². The van der Waals surface area contributed by atoms with Gasteiger partial charge >= 0.3 is 6.36 Å². The predicted octanol–water partition coefficient (Wildman–Crippen LogP) is 4.42. The number of carbonyl (C=O) groups excluding carboxylic acids is 1. The molecule has 26 heavy (non-hydrogen) atoms. The summed E-state index contributed by atoms with van der Waals surface area (Å²) in [6, 6.07) is 8.28. The summed E-state index contributed by atoms with van der Waals surface area (Å²) in [6.07, 6.45) is -1.16. The summed E-state index contributed by atoms with van der Waals surface area (Å²) in [5, 5.41) is 2.58. The van der Waals surface area contributed by atoms with E-state index in [2.05, 4.69) is 15.0 Å². The number of hydrogen-bond donors (Lipinski definition) is 1. The third-order valence-corrected chi connectivity index (χ3v) is 4.06. The lowest BCUT2D eigenvalue weighted by Crippen LogP contribution is -2.28. The number of rotatable bonds is 5. The molecule has 0 saturated carbocycles. The van der Waals surface area contributed by atoms with E-state index in [9.17, 15) is 18.0 Å². The Morgan fingerprint density at radius 2 is 1.77 bits per heavy atom. The maximum atomic E-state index is 12.2. The lowest BCUT2D eigenvalue weighted by atomic mass is 10.1. The molecule has 2 heterocycles. The number of likely N-dealkylation sites (tertiary alicyclic amines) is 1. The summed E-state index contributed by atoms with van der Waals surface area (Å²) in [5.41, 5.74) is 0.346. The van der Waals surface area contributed by atoms with E-state index in [1.165, 1.54) is 31.4 Å². The van der Waals surface area contributed by atoms with Crippen LogP contribution in [0.1, 0.15) is 35.6 Å². The van der Waals surface area contributed by atoms with Crippen LogP contribution in [0.2, 0.25) is 0 Å². The van der Waals surface area contributed by atoms with Gasteiger partial charge in [-0.05, 0) is 62.3 Å². The van der Waals surface area contributed by atoms with Gasteiger partial charge in [-0.25, -0.2) is 0 Å². The largest absolute Gasteiger partial charge is 0.573 e. The first kappa shape index (κ1) is 18.3. The van der Waals surface area contributed by atoms with E-state index >= 15 is 0 Å². The second-order valence-electron chi connectivity index (χ2n) is 6.13. The van der Waals surface area contributed by atoms with Gasteiger partial charge in [0.05, 0.1) is 6.54 Å². The zero-order chi connectivity index (χ0) is 18.6. The third-order valence-electron chi connectivity index (χ3n) is 4.06. The zero-order valence-corrected chi connectivity index (χ0v) is 14.0. The Balaban J connectivity index is 1.56. The van der Waals surface area contributed by atoms with Crippen LogP contribution in [0.3, 0.4) is 0 Å². The first-order valence-corrected chi connectivity index (χ1v) is 8.37. The maximum absolute atomic E-state index is 12.2. The molecule has 3 rings (SSSR count). The summed E-state index contributed by atoms with van der Waals surface area (Å²) in [5.74, 6) is 0.0651. The molecule has 1 aliphatic rings. The Kier molecular flexibility index (Phi) is 5.51. The molecule has 0 radical (unpaired) electrons. The van der Waals surface area contributed by atoms with Gasteiger partial charge in [-0.15, -0.1) is 13.2 Å². The summed E-state index contributed by atoms with van der Waals surface area (Å²) in [4.78, 5) is 14.5. The number of anilines is 1. The second-order valence-corrected chi connectivity index (χ2v) is 6.13. The van der Waals surface area contributed by atoms with Gasteiger partial charge in [0, 0.05) is 5.69 Å². The quantitative estimate of drug-likeness (QED) is 0.849. The van der Waals surface area contributed by atoms with E-state index in [0.717, 1.165) is 25.2 Å². The standard InChI is InChI=1S/C18H19F3N2O3/c19-18(20,21)26-14-6-4-13(5-7-14)22-17(24)16-9-8-15(25-16)12-23-10-2-1-3-11-23/h4-9H,1-3,10-12H2,(H,22,24). The molecule has 0 spiro atoms. The SMILES string of the molecule is O=C(Nc1ccc(OC(F)(F)F)cc1)c1ccc(CN2CCCCC2)o1. The number of alkyl halides is 3. The first-order valence-electron chi connectivity index (χ1n) is 8.37. The molecule has 1 aromatic carbocycles. The fourth-order valence-corrected chi connectivity index (χ4v) is 2.86. The summed E-state index contributed by atoms with van der Waals surface area (Å²) in [7, 11) is 0. The van der Waals surface area contributed by atoms with Crippen LogP contribution < -0.4 is 10.1 Å². The molecule has 0 atom stereocenters. The van der Waals surface area contributed by atoms with Crippen molar-refractivity contribution < 1.29 is 27.1 Å². The number of benzene rings is 1. The van der Waals surface area contributed by atoms with E-state index < -0.39 is 12.3 Å². The van der Waals surface area contributed by atoms with Crippen LogP contribution in [-0.4, -0.2) is 30.3 Å². The highest BCUT2D eigenvalue weighted by molar-refractivity contribution is 6.02. The normalized spacial score (nSPS) is 15.7. The molecule has 140 valence electrons. The number of piperidine rings is 1. The van der Waals surface area contributed by atoms with Crippen molar-refractivity contribution in [2.75, 3.05) is 18.4 Å². The van der Waals surface area contributed by atoms with Gasteiger partial charge in [0.2, 0.25) is 0 Å². The van der Waals surface area contributed by atoms with Gasteiger partial charge < -0.3 is 14.5 Å². The minimum absolute atomic E-state index is 0.160. The van der Waals surface area contributed by atoms with Crippen LogP contribution in [0, 0.1) is 0 Å². The third kappa shape index (κ3) is 5.26. The van der Waals surface area contributed by atoms with Crippen LogP contribution in [0.15, 0.2) is 40.8 Å². The number of furan rings is 1. The van der Waals surface area contributed by atoms with E-state index in [1.807, 2.05) is 0 Å². The number of nitrogens with zero attached hydrogens (tertiary/aromatic N) is 1. The maximum Gasteiger partial charge on any atom is 0.573 e. The van der Waals surface area contributed by atoms with Gasteiger partial charge in [-0.2, -0.15) is 0 Å². The molecule has 1 saturated heterocycles. The Bertz CT molecular complexity index is 735. The lowest BCUT2D eigenvalue weighted by Gasteiger charge is -2.25. The molecule has 1 fully saturated rings. The highest BCUT2D eigenvalue weighted by Crippen LogP contribution is 2.24. The first-order chi connectivity index (χ1) is 12.4. The van der Waals surface area contributed by atoms with Gasteiger partial charge in [0.25, 0.3) is 5.91 Å². The van der Waals surface area contributed by atoms with Crippen molar-refractivity contribution in [3.8, 4) is 5.75 Å². The van der Waals surface area contributed by atoms with Gasteiger partial charge in [0.1, 0.15) is 11.5 Å². The van der Waals surface area contributed by atoms with Gasteiger partial charge in [0.15, 0.2) is 5.76 Å². The van der Waals surface area contributed by atoms with E-state index in [1.54, 1.807) is 12.1 Å². The van der Waals surface area contributed by atoms with Crippen LogP contribution >= 0.6 is 0 Å². The molecule has 0 aliphatic carbocycles. The van der Waals surface area contributed by atoms with Crippen molar-refractivity contribution in [3.63, 3.8) is 0 Å². The molecule has 5 nitrogen and oxygen atoms in total. The average Bonchev–Trinajstić information content (AvgIpc) is 3.05. The molecule has 1 amide bonds. The molecular weight excluding hydrogens is 349 g/mol. The van der Waals surface area contributed by atoms with Crippen molar-refractivity contribution in [1.82, 2.24) is 4.90 Å². The Hall–Kier alpha value is -2.48. The van der Waals surface area contributed by atoms with Crippen LogP contribution in [0.5, 0.6) is 5.75 Å². The molecule has 0 unspecified atom stereocenters. The number of ether oxygens (including phenoxy) is 1. The molecule has 1 aromatic heterocycles. The minimum Gasteiger partial charge on any atom is -0.455 e. The predicted molar refractivity (Wildman–Crippen MR) is 88.9 cm³/mol. The van der Waals surface area contributed by atoms with Crippen molar-refractivity contribution >= 4 is 11.6 Å². The smallest absolute Gasteiger partial charge is 0.455 e. The summed E-state index contributed by atoms with van der Waals surface area (Å²) >= 11 is 0. The van der Waals surface area contributed by atoms with E-state index in [4.69, 9.17) is 4.42 Å². The number of nitrogens with one attached hydrogen (secondary N) is 1. The fraction of sp³-hybridized carbons (Fsp3) is 0.389. The minimum atomic E-state index is -4.75. The molecular formula is C18H19F3N2O3. The van der Waals surface area contributed by atoms with Gasteiger partial charge in [-0.3, -0.25) is 9.69 Å². The van der Waals surface area contributed by atoms with Gasteiger partial charge in [-0.1, -0.05) is 6.42 Å². The molecule has 0 bridgehead atoms. The van der Waals surface area contributed by atoms with Crippen molar-refractivity contribution in [2.45, 2.75) is 32.2 Å². The average molecular weight is 368 g/mol. The number of halogens is 3. The lowest BCUT2D eigenvalue weighted by molar-refractivity contribution is -0.274. The Morgan fingerprint density at radius 3 is 2.42 bits per heavy atom. The Morgan fingerprint density at radius 1 is 1.08 bits per heavy atom. The van der Waals surface area contributed by atoms with Crippen molar-refractivity contribution in [1.29, 1.82) is 0 Å². The molecule has 2 aromatic rings. The van der Waals surface area contributed by atoms with Crippen LogP contribution in [-0.2, 0) is 6.54 Å². The fourth-order valence-electron chi connectivity index (χ4n) is 2.86. The topological polar surface area (TPSA) is 54.7 Å². The highest BCUT2D eigenvalue weighted by Gasteiger charge is 2.31. The number of carbonyl (C=O) groups is 1. The molecule has 8 heteroatoms. The zero-order valence-electron chi connectivity index (χ0n) is 14.0.